The van der Waals surface area contributed by atoms with Gasteiger partial charge in [0.1, 0.15) is 0 Å². The van der Waals surface area contributed by atoms with Crippen LogP contribution in [-0.4, -0.2) is 5.91 Å². The van der Waals surface area contributed by atoms with Crippen molar-refractivity contribution in [2.24, 2.45) is 5.92 Å². The molecule has 2 atom stereocenters. The third-order valence-electron chi connectivity index (χ3n) is 4.48. The first kappa shape index (κ1) is 14.8. The number of carbonyl (C=O) groups is 1. The topological polar surface area (TPSA) is 29.1 Å². The summed E-state index contributed by atoms with van der Waals surface area (Å²) in [5.74, 6) is 0.681. The number of hydrogen-bond donors (Lipinski definition) is 1. The summed E-state index contributed by atoms with van der Waals surface area (Å²) < 4.78 is 0. The van der Waals surface area contributed by atoms with Crippen LogP contribution in [0.2, 0.25) is 0 Å². The van der Waals surface area contributed by atoms with Gasteiger partial charge in [0.15, 0.2) is 0 Å². The van der Waals surface area contributed by atoms with E-state index >= 15 is 0 Å². The lowest BCUT2D eigenvalue weighted by Gasteiger charge is -2.23. The van der Waals surface area contributed by atoms with E-state index in [1.165, 1.54) is 18.4 Å². The molecule has 2 aromatic rings. The maximum absolute atomic E-state index is 12.8. The van der Waals surface area contributed by atoms with Crippen LogP contribution in [0.15, 0.2) is 60.7 Å². The van der Waals surface area contributed by atoms with E-state index in [2.05, 4.69) is 24.4 Å². The second-order valence-corrected chi connectivity index (χ2v) is 6.11. The summed E-state index contributed by atoms with van der Waals surface area (Å²) in [6, 6.07) is 20.6. The summed E-state index contributed by atoms with van der Waals surface area (Å²) in [5.41, 5.74) is 2.33. The van der Waals surface area contributed by atoms with E-state index in [0.29, 0.717) is 5.92 Å². The Morgan fingerprint density at radius 3 is 2.05 bits per heavy atom. The number of amides is 1. The molecule has 0 aromatic heterocycles. The van der Waals surface area contributed by atoms with E-state index in [9.17, 15) is 4.79 Å². The zero-order valence-corrected chi connectivity index (χ0v) is 13.0. The second-order valence-electron chi connectivity index (χ2n) is 6.11. The fraction of sp³-hybridized carbons (Fsp3) is 0.350. The van der Waals surface area contributed by atoms with Gasteiger partial charge in [0.25, 0.3) is 0 Å². The standard InChI is InChI=1S/C20H23NO/c1-2-18(15-9-5-3-6-10-15)20(22)21-19(17-13-14-17)16-11-7-4-8-12-16/h3-12,17-19H,2,13-14H2,1H3,(H,21,22). The highest BCUT2D eigenvalue weighted by Gasteiger charge is 2.34. The molecule has 0 aliphatic heterocycles. The van der Waals surface area contributed by atoms with Gasteiger partial charge in [0.05, 0.1) is 12.0 Å². The molecule has 0 radical (unpaired) electrons. The minimum absolute atomic E-state index is 0.0637. The van der Waals surface area contributed by atoms with Crippen LogP contribution in [0.25, 0.3) is 0 Å². The van der Waals surface area contributed by atoms with Crippen LogP contribution in [0.3, 0.4) is 0 Å². The maximum Gasteiger partial charge on any atom is 0.228 e. The minimum atomic E-state index is -0.0637. The molecule has 1 N–H and O–H groups in total. The molecule has 1 fully saturated rings. The van der Waals surface area contributed by atoms with Crippen LogP contribution in [0.1, 0.15) is 49.3 Å². The fourth-order valence-electron chi connectivity index (χ4n) is 3.07. The first-order valence-corrected chi connectivity index (χ1v) is 8.20. The second kappa shape index (κ2) is 6.78. The van der Waals surface area contributed by atoms with E-state index in [1.807, 2.05) is 48.5 Å². The van der Waals surface area contributed by atoms with E-state index in [0.717, 1.165) is 12.0 Å². The van der Waals surface area contributed by atoms with Crippen molar-refractivity contribution in [3.63, 3.8) is 0 Å². The van der Waals surface area contributed by atoms with E-state index in [-0.39, 0.29) is 17.9 Å². The molecule has 2 heteroatoms. The summed E-state index contributed by atoms with van der Waals surface area (Å²) >= 11 is 0. The van der Waals surface area contributed by atoms with Crippen molar-refractivity contribution in [1.82, 2.24) is 5.32 Å². The molecule has 3 rings (SSSR count). The highest BCUT2D eigenvalue weighted by molar-refractivity contribution is 5.84. The van der Waals surface area contributed by atoms with Gasteiger partial charge in [-0.3, -0.25) is 4.79 Å². The molecule has 0 heterocycles. The molecule has 1 amide bonds. The molecule has 2 nitrogen and oxygen atoms in total. The predicted molar refractivity (Wildman–Crippen MR) is 89.5 cm³/mol. The van der Waals surface area contributed by atoms with Crippen LogP contribution >= 0.6 is 0 Å². The normalized spacial score (nSPS) is 16.8. The number of nitrogens with one attached hydrogen (secondary N) is 1. The molecule has 2 aromatic carbocycles. The fourth-order valence-corrected chi connectivity index (χ4v) is 3.07. The van der Waals surface area contributed by atoms with Gasteiger partial charge in [-0.05, 0) is 36.3 Å². The Labute approximate surface area is 132 Å². The van der Waals surface area contributed by atoms with Crippen molar-refractivity contribution >= 4 is 5.91 Å². The Balaban J connectivity index is 1.76. The lowest BCUT2D eigenvalue weighted by Crippen LogP contribution is -2.33. The molecular weight excluding hydrogens is 270 g/mol. The first-order chi connectivity index (χ1) is 10.8. The van der Waals surface area contributed by atoms with E-state index in [1.54, 1.807) is 0 Å². The van der Waals surface area contributed by atoms with Crippen molar-refractivity contribution in [3.05, 3.63) is 71.8 Å². The van der Waals surface area contributed by atoms with E-state index in [4.69, 9.17) is 0 Å². The van der Waals surface area contributed by atoms with Gasteiger partial charge in [-0.15, -0.1) is 0 Å². The molecule has 0 spiro atoms. The highest BCUT2D eigenvalue weighted by atomic mass is 16.1. The third-order valence-corrected chi connectivity index (χ3v) is 4.48. The van der Waals surface area contributed by atoms with Gasteiger partial charge in [-0.2, -0.15) is 0 Å². The van der Waals surface area contributed by atoms with Crippen LogP contribution in [0.5, 0.6) is 0 Å². The van der Waals surface area contributed by atoms with Gasteiger partial charge >= 0.3 is 0 Å². The third kappa shape index (κ3) is 3.38. The molecule has 2 unspecified atom stereocenters. The van der Waals surface area contributed by atoms with Gasteiger partial charge < -0.3 is 5.32 Å². The lowest BCUT2D eigenvalue weighted by atomic mass is 9.94. The van der Waals surface area contributed by atoms with Crippen LogP contribution < -0.4 is 5.32 Å². The van der Waals surface area contributed by atoms with Crippen molar-refractivity contribution in [2.45, 2.75) is 38.1 Å². The average Bonchev–Trinajstić information content (AvgIpc) is 3.40. The Morgan fingerprint density at radius 2 is 1.55 bits per heavy atom. The summed E-state index contributed by atoms with van der Waals surface area (Å²) in [7, 11) is 0. The van der Waals surface area contributed by atoms with Crippen LogP contribution in [0, 0.1) is 5.92 Å². The van der Waals surface area contributed by atoms with Gasteiger partial charge in [-0.25, -0.2) is 0 Å². The molecule has 1 aliphatic rings. The Morgan fingerprint density at radius 1 is 1.00 bits per heavy atom. The van der Waals surface area contributed by atoms with Crippen molar-refractivity contribution in [2.75, 3.05) is 0 Å². The van der Waals surface area contributed by atoms with Crippen LogP contribution in [0.4, 0.5) is 0 Å². The van der Waals surface area contributed by atoms with Crippen molar-refractivity contribution in [3.8, 4) is 0 Å². The van der Waals surface area contributed by atoms with E-state index < -0.39 is 0 Å². The summed E-state index contributed by atoms with van der Waals surface area (Å²) in [6.45, 7) is 2.08. The lowest BCUT2D eigenvalue weighted by molar-refractivity contribution is -0.123. The molecule has 0 saturated heterocycles. The first-order valence-electron chi connectivity index (χ1n) is 8.20. The Bertz CT molecular complexity index is 604. The van der Waals surface area contributed by atoms with Crippen molar-refractivity contribution in [1.29, 1.82) is 0 Å². The summed E-state index contributed by atoms with van der Waals surface area (Å²) in [6.07, 6.45) is 3.24. The molecular formula is C20H23NO. The summed E-state index contributed by atoms with van der Waals surface area (Å²) in [5, 5.41) is 3.31. The zero-order valence-electron chi connectivity index (χ0n) is 13.0. The van der Waals surface area contributed by atoms with Crippen LogP contribution in [-0.2, 0) is 4.79 Å². The smallest absolute Gasteiger partial charge is 0.228 e. The van der Waals surface area contributed by atoms with Crippen molar-refractivity contribution < 1.29 is 4.79 Å². The SMILES string of the molecule is CCC(C(=O)NC(c1ccccc1)C1CC1)c1ccccc1. The minimum Gasteiger partial charge on any atom is -0.348 e. The molecule has 114 valence electrons. The summed E-state index contributed by atoms with van der Waals surface area (Å²) in [4.78, 5) is 12.8. The number of carbonyl (C=O) groups excluding carboxylic acids is 1. The number of benzene rings is 2. The Hall–Kier alpha value is -2.09. The highest BCUT2D eigenvalue weighted by Crippen LogP contribution is 2.41. The Kier molecular flexibility index (Phi) is 4.57. The largest absolute Gasteiger partial charge is 0.348 e. The molecule has 1 aliphatic carbocycles. The number of rotatable bonds is 6. The quantitative estimate of drug-likeness (QED) is 0.837. The zero-order chi connectivity index (χ0) is 15.4. The average molecular weight is 293 g/mol. The monoisotopic (exact) mass is 293 g/mol. The van der Waals surface area contributed by atoms with Gasteiger partial charge in [-0.1, -0.05) is 67.6 Å². The molecule has 22 heavy (non-hydrogen) atoms. The van der Waals surface area contributed by atoms with Gasteiger partial charge in [0.2, 0.25) is 5.91 Å². The van der Waals surface area contributed by atoms with Gasteiger partial charge in [0, 0.05) is 0 Å². The molecule has 1 saturated carbocycles. The molecule has 0 bridgehead atoms. The predicted octanol–water partition coefficient (Wildman–Crippen LogP) is 4.45. The maximum atomic E-state index is 12.8. The number of hydrogen-bond acceptors (Lipinski definition) is 1.